The van der Waals surface area contributed by atoms with Crippen molar-refractivity contribution in [2.75, 3.05) is 19.7 Å². The van der Waals surface area contributed by atoms with E-state index in [-0.39, 0.29) is 18.3 Å². The smallest absolute Gasteiger partial charge is 0.145 e. The zero-order valence-electron chi connectivity index (χ0n) is 18.2. The van der Waals surface area contributed by atoms with Crippen molar-refractivity contribution in [3.63, 3.8) is 0 Å². The Morgan fingerprint density at radius 2 is 1.90 bits per heavy atom. The molecule has 0 amide bonds. The van der Waals surface area contributed by atoms with Gasteiger partial charge < -0.3 is 14.7 Å². The summed E-state index contributed by atoms with van der Waals surface area (Å²) in [5.41, 5.74) is 2.64. The van der Waals surface area contributed by atoms with Gasteiger partial charge in [-0.25, -0.2) is 0 Å². The summed E-state index contributed by atoms with van der Waals surface area (Å²) in [4.78, 5) is 7.90. The molecule has 1 aliphatic rings. The summed E-state index contributed by atoms with van der Waals surface area (Å²) >= 11 is 12.2. The molecule has 0 radical (unpaired) electrons. The summed E-state index contributed by atoms with van der Waals surface area (Å²) in [6.07, 6.45) is -0.0404. The van der Waals surface area contributed by atoms with E-state index in [0.717, 1.165) is 11.3 Å². The summed E-state index contributed by atoms with van der Waals surface area (Å²) in [5, 5.41) is 15.8. The second-order valence-electron chi connectivity index (χ2n) is 8.86. The Bertz CT molecular complexity index is 884. The minimum atomic E-state index is -0.597. The van der Waals surface area contributed by atoms with Crippen LogP contribution in [0.1, 0.15) is 38.3 Å². The van der Waals surface area contributed by atoms with Gasteiger partial charge in [-0.3, -0.25) is 4.90 Å². The Kier molecular flexibility index (Phi) is 8.36. The third kappa shape index (κ3) is 7.78. The van der Waals surface area contributed by atoms with Crippen LogP contribution in [-0.2, 0) is 16.1 Å². The van der Waals surface area contributed by atoms with E-state index < -0.39 is 6.10 Å². The normalized spacial score (nSPS) is 17.5. The Labute approximate surface area is 194 Å². The van der Waals surface area contributed by atoms with Crippen LogP contribution in [0.2, 0.25) is 10.0 Å². The third-order valence-corrected chi connectivity index (χ3v) is 5.61. The molecule has 7 heteroatoms. The van der Waals surface area contributed by atoms with Gasteiger partial charge >= 0.3 is 0 Å². The second kappa shape index (κ2) is 10.8. The molecule has 0 saturated heterocycles. The molecule has 168 valence electrons. The number of nitrogens with zero attached hydrogens (tertiary/aromatic N) is 2. The van der Waals surface area contributed by atoms with Crippen LogP contribution in [-0.4, -0.2) is 53.2 Å². The van der Waals surface area contributed by atoms with E-state index in [4.69, 9.17) is 32.8 Å². The highest BCUT2D eigenvalue weighted by atomic mass is 35.5. The first-order valence-electron chi connectivity index (χ1n) is 10.5. The lowest BCUT2D eigenvalue weighted by molar-refractivity contribution is -0.0600. The van der Waals surface area contributed by atoms with E-state index in [1.54, 1.807) is 6.07 Å². The fourth-order valence-electron chi connectivity index (χ4n) is 3.40. The van der Waals surface area contributed by atoms with Gasteiger partial charge in [0.25, 0.3) is 0 Å². The zero-order valence-corrected chi connectivity index (χ0v) is 19.7. The van der Waals surface area contributed by atoms with Crippen LogP contribution in [0.4, 0.5) is 0 Å². The first-order valence-corrected chi connectivity index (χ1v) is 11.2. The molecule has 1 N–H and O–H groups in total. The Hall–Kier alpha value is -1.63. The molecule has 5 nitrogen and oxygen atoms in total. The van der Waals surface area contributed by atoms with Crippen LogP contribution < -0.4 is 0 Å². The van der Waals surface area contributed by atoms with Crippen molar-refractivity contribution in [1.82, 2.24) is 4.90 Å². The molecule has 0 spiro atoms. The Morgan fingerprint density at radius 3 is 2.58 bits per heavy atom. The lowest BCUT2D eigenvalue weighted by Gasteiger charge is -2.28. The van der Waals surface area contributed by atoms with Gasteiger partial charge in [-0.15, -0.1) is 0 Å². The van der Waals surface area contributed by atoms with Crippen molar-refractivity contribution < 1.29 is 14.7 Å². The highest BCUT2D eigenvalue weighted by Crippen LogP contribution is 2.26. The van der Waals surface area contributed by atoms with Crippen molar-refractivity contribution in [3.05, 3.63) is 69.7 Å². The molecule has 2 atom stereocenters. The van der Waals surface area contributed by atoms with Crippen LogP contribution in [0, 0.1) is 0 Å². The minimum Gasteiger partial charge on any atom is -0.390 e. The predicted molar refractivity (Wildman–Crippen MR) is 126 cm³/mol. The number of hydrogen-bond donors (Lipinski definition) is 1. The zero-order chi connectivity index (χ0) is 22.4. The maximum absolute atomic E-state index is 10.6. The SMILES string of the molecule is CC(C)(C)OC[C@H](O)CN(Cc1ccccc1)C[C@H]1CC(c2ccc(Cl)c(Cl)c2)=NO1. The summed E-state index contributed by atoms with van der Waals surface area (Å²) in [6, 6.07) is 15.7. The van der Waals surface area contributed by atoms with Crippen molar-refractivity contribution in [2.24, 2.45) is 5.16 Å². The fraction of sp³-hybridized carbons (Fsp3) is 0.458. The molecule has 0 aromatic heterocycles. The second-order valence-corrected chi connectivity index (χ2v) is 9.67. The van der Waals surface area contributed by atoms with Crippen molar-refractivity contribution >= 4 is 28.9 Å². The van der Waals surface area contributed by atoms with E-state index in [1.165, 1.54) is 5.56 Å². The summed E-state index contributed by atoms with van der Waals surface area (Å²) in [7, 11) is 0. The number of halogens is 2. The van der Waals surface area contributed by atoms with Crippen LogP contribution in [0.5, 0.6) is 0 Å². The molecular formula is C24H30Cl2N2O3. The van der Waals surface area contributed by atoms with Crippen LogP contribution >= 0.6 is 23.2 Å². The highest BCUT2D eigenvalue weighted by Gasteiger charge is 2.26. The number of benzene rings is 2. The first kappa shape index (κ1) is 24.0. The predicted octanol–water partition coefficient (Wildman–Crippen LogP) is 5.16. The number of rotatable bonds is 9. The first-order chi connectivity index (χ1) is 14.7. The molecule has 31 heavy (non-hydrogen) atoms. The summed E-state index contributed by atoms with van der Waals surface area (Å²) in [6.45, 7) is 8.05. The summed E-state index contributed by atoms with van der Waals surface area (Å²) in [5.74, 6) is 0. The van der Waals surface area contributed by atoms with Gasteiger partial charge in [-0.1, -0.05) is 64.8 Å². The molecule has 3 rings (SSSR count). The Balaban J connectivity index is 1.62. The number of ether oxygens (including phenoxy) is 1. The maximum atomic E-state index is 10.6. The van der Waals surface area contributed by atoms with Gasteiger partial charge in [0.2, 0.25) is 0 Å². The largest absolute Gasteiger partial charge is 0.390 e. The van der Waals surface area contributed by atoms with Gasteiger partial charge in [0.1, 0.15) is 6.10 Å². The van der Waals surface area contributed by atoms with Gasteiger partial charge in [0, 0.05) is 31.6 Å². The average molecular weight is 465 g/mol. The van der Waals surface area contributed by atoms with Crippen molar-refractivity contribution in [2.45, 2.75) is 51.5 Å². The molecule has 1 aliphatic heterocycles. The lowest BCUT2D eigenvalue weighted by atomic mass is 10.0. The van der Waals surface area contributed by atoms with E-state index in [0.29, 0.717) is 36.1 Å². The van der Waals surface area contributed by atoms with Crippen LogP contribution in [0.25, 0.3) is 0 Å². The van der Waals surface area contributed by atoms with E-state index >= 15 is 0 Å². The molecular weight excluding hydrogens is 435 g/mol. The van der Waals surface area contributed by atoms with Gasteiger partial charge in [0.15, 0.2) is 0 Å². The van der Waals surface area contributed by atoms with E-state index in [2.05, 4.69) is 22.2 Å². The molecule has 2 aromatic carbocycles. The number of hydrogen-bond acceptors (Lipinski definition) is 5. The topological polar surface area (TPSA) is 54.3 Å². The summed E-state index contributed by atoms with van der Waals surface area (Å²) < 4.78 is 5.75. The van der Waals surface area contributed by atoms with E-state index in [1.807, 2.05) is 51.1 Å². The number of oxime groups is 1. The van der Waals surface area contributed by atoms with Gasteiger partial charge in [-0.2, -0.15) is 0 Å². The molecule has 0 fully saturated rings. The quantitative estimate of drug-likeness (QED) is 0.556. The molecule has 0 saturated carbocycles. The molecule has 0 aliphatic carbocycles. The van der Waals surface area contributed by atoms with E-state index in [9.17, 15) is 5.11 Å². The number of aliphatic hydroxyl groups excluding tert-OH is 1. The average Bonchev–Trinajstić information content (AvgIpc) is 3.17. The monoisotopic (exact) mass is 464 g/mol. The molecule has 2 aromatic rings. The van der Waals surface area contributed by atoms with Gasteiger partial charge in [0.05, 0.1) is 34.1 Å². The Morgan fingerprint density at radius 1 is 1.16 bits per heavy atom. The highest BCUT2D eigenvalue weighted by molar-refractivity contribution is 6.42. The molecule has 0 unspecified atom stereocenters. The minimum absolute atomic E-state index is 0.107. The molecule has 0 bridgehead atoms. The third-order valence-electron chi connectivity index (χ3n) is 4.87. The lowest BCUT2D eigenvalue weighted by Crippen LogP contribution is -2.40. The molecule has 1 heterocycles. The van der Waals surface area contributed by atoms with Crippen molar-refractivity contribution in [3.8, 4) is 0 Å². The van der Waals surface area contributed by atoms with Crippen LogP contribution in [0.15, 0.2) is 53.7 Å². The number of aliphatic hydroxyl groups is 1. The van der Waals surface area contributed by atoms with Gasteiger partial charge in [-0.05, 0) is 38.5 Å². The maximum Gasteiger partial charge on any atom is 0.145 e. The standard InChI is InChI=1S/C24H30Cl2N2O3/c1-24(2,3)30-16-19(29)14-28(13-17-7-5-4-6-8-17)15-20-12-23(27-31-20)18-9-10-21(25)22(26)11-18/h4-11,19-20,29H,12-16H2,1-3H3/t19-,20-/m1/s1. The van der Waals surface area contributed by atoms with Crippen molar-refractivity contribution in [1.29, 1.82) is 0 Å². The fourth-order valence-corrected chi connectivity index (χ4v) is 3.70. The van der Waals surface area contributed by atoms with Crippen LogP contribution in [0.3, 0.4) is 0 Å².